The van der Waals surface area contributed by atoms with E-state index < -0.39 is 35.0 Å². The van der Waals surface area contributed by atoms with Crippen LogP contribution in [-0.4, -0.2) is 15.6 Å². The Morgan fingerprint density at radius 1 is 1.03 bits per heavy atom. The number of halogens is 6. The average Bonchev–Trinajstić information content (AvgIpc) is 3.06. The summed E-state index contributed by atoms with van der Waals surface area (Å²) >= 11 is 0. The molecule has 0 amide bonds. The molecule has 1 aromatic heterocycles. The lowest BCUT2D eigenvalue weighted by Crippen LogP contribution is -2.12. The van der Waals surface area contributed by atoms with E-state index in [1.165, 1.54) is 6.20 Å². The van der Waals surface area contributed by atoms with Crippen molar-refractivity contribution in [1.29, 1.82) is 5.26 Å². The summed E-state index contributed by atoms with van der Waals surface area (Å²) in [6.07, 6.45) is -7.34. The molecule has 0 spiro atoms. The van der Waals surface area contributed by atoms with Gasteiger partial charge in [0, 0.05) is 29.2 Å². The fourth-order valence-corrected chi connectivity index (χ4v) is 3.29. The maximum absolute atomic E-state index is 13.1. The molecule has 0 bridgehead atoms. The second kappa shape index (κ2) is 8.42. The van der Waals surface area contributed by atoms with E-state index in [0.29, 0.717) is 28.6 Å². The van der Waals surface area contributed by atoms with Gasteiger partial charge in [0.05, 0.1) is 11.1 Å². The molecular weight excluding hydrogens is 438 g/mol. The number of carboxylic acids is 1. The molecule has 1 heterocycles. The zero-order chi connectivity index (χ0) is 23.7. The molecule has 3 aromatic rings. The van der Waals surface area contributed by atoms with E-state index in [4.69, 9.17) is 10.4 Å². The number of carboxylic acid groups (broad SMARTS) is 1. The Labute approximate surface area is 177 Å². The molecular formula is C22H14F6N2O2. The molecule has 0 saturated heterocycles. The van der Waals surface area contributed by atoms with Gasteiger partial charge >= 0.3 is 18.3 Å². The minimum absolute atomic E-state index is 0.0297. The number of rotatable bonds is 5. The number of aliphatic carboxylic acids is 1. The number of alkyl halides is 6. The van der Waals surface area contributed by atoms with Crippen molar-refractivity contribution in [2.75, 3.05) is 0 Å². The fraction of sp³-hybridized carbons (Fsp3) is 0.182. The highest BCUT2D eigenvalue weighted by Crippen LogP contribution is 2.36. The third kappa shape index (κ3) is 4.94. The van der Waals surface area contributed by atoms with Gasteiger partial charge in [-0.2, -0.15) is 31.6 Å². The Hall–Kier alpha value is -3.74. The molecule has 0 aliphatic heterocycles. The Balaban J connectivity index is 2.00. The van der Waals surface area contributed by atoms with Crippen LogP contribution in [0.3, 0.4) is 0 Å². The first kappa shape index (κ1) is 22.9. The summed E-state index contributed by atoms with van der Waals surface area (Å²) in [5.74, 6) is -1.42. The second-order valence-electron chi connectivity index (χ2n) is 6.93. The third-order valence-electron chi connectivity index (χ3n) is 4.76. The van der Waals surface area contributed by atoms with Gasteiger partial charge in [-0.05, 0) is 42.3 Å². The van der Waals surface area contributed by atoms with E-state index in [9.17, 15) is 31.1 Å². The van der Waals surface area contributed by atoms with Crippen LogP contribution in [-0.2, 0) is 30.1 Å². The average molecular weight is 452 g/mol. The van der Waals surface area contributed by atoms with Crippen molar-refractivity contribution in [3.63, 3.8) is 0 Å². The van der Waals surface area contributed by atoms with Crippen molar-refractivity contribution in [1.82, 2.24) is 4.57 Å². The summed E-state index contributed by atoms with van der Waals surface area (Å²) in [5.41, 5.74) is -2.46. The van der Waals surface area contributed by atoms with Crippen LogP contribution in [0.5, 0.6) is 0 Å². The van der Waals surface area contributed by atoms with Crippen LogP contribution in [0.25, 0.3) is 17.0 Å². The first-order valence-electron chi connectivity index (χ1n) is 9.11. The van der Waals surface area contributed by atoms with Crippen molar-refractivity contribution in [3.8, 4) is 6.07 Å². The summed E-state index contributed by atoms with van der Waals surface area (Å²) in [4.78, 5) is 11.1. The lowest BCUT2D eigenvalue weighted by molar-refractivity contribution is -0.143. The quantitative estimate of drug-likeness (QED) is 0.297. The van der Waals surface area contributed by atoms with E-state index in [2.05, 4.69) is 0 Å². The maximum atomic E-state index is 13.1. The molecule has 0 unspecified atom stereocenters. The van der Waals surface area contributed by atoms with Gasteiger partial charge in [-0.15, -0.1) is 0 Å². The van der Waals surface area contributed by atoms with Crippen molar-refractivity contribution in [3.05, 3.63) is 76.5 Å². The maximum Gasteiger partial charge on any atom is 0.416 e. The van der Waals surface area contributed by atoms with E-state index in [0.717, 1.165) is 6.08 Å². The molecule has 0 aliphatic carbocycles. The van der Waals surface area contributed by atoms with E-state index in [1.54, 1.807) is 34.9 Å². The zero-order valence-corrected chi connectivity index (χ0v) is 16.1. The fourth-order valence-electron chi connectivity index (χ4n) is 3.29. The van der Waals surface area contributed by atoms with Gasteiger partial charge in [0.25, 0.3) is 0 Å². The van der Waals surface area contributed by atoms with Crippen molar-refractivity contribution < 1.29 is 36.2 Å². The van der Waals surface area contributed by atoms with Crippen LogP contribution < -0.4 is 0 Å². The number of aromatic nitrogens is 1. The van der Waals surface area contributed by atoms with Gasteiger partial charge in [-0.1, -0.05) is 18.2 Å². The highest BCUT2D eigenvalue weighted by molar-refractivity contribution is 6.00. The number of para-hydroxylation sites is 1. The Morgan fingerprint density at radius 3 is 2.16 bits per heavy atom. The van der Waals surface area contributed by atoms with Gasteiger partial charge in [-0.3, -0.25) is 0 Å². The molecule has 0 fully saturated rings. The van der Waals surface area contributed by atoms with Crippen LogP contribution in [0.2, 0.25) is 0 Å². The molecule has 3 rings (SSSR count). The molecule has 32 heavy (non-hydrogen) atoms. The van der Waals surface area contributed by atoms with E-state index in [1.807, 2.05) is 0 Å². The number of aryl methyl sites for hydroxylation is 2. The van der Waals surface area contributed by atoms with Crippen LogP contribution in [0.15, 0.2) is 54.2 Å². The smallest absolute Gasteiger partial charge is 0.416 e. The SMILES string of the molecule is N#CC(=Cc1cn(CCc2cc(C(F)(F)F)cc(C(F)(F)F)c2)c2ccccc12)C(=O)O. The molecule has 0 radical (unpaired) electrons. The molecule has 166 valence electrons. The number of benzene rings is 2. The van der Waals surface area contributed by atoms with Crippen molar-refractivity contribution in [2.45, 2.75) is 25.3 Å². The molecule has 4 nitrogen and oxygen atoms in total. The summed E-state index contributed by atoms with van der Waals surface area (Å²) in [6.45, 7) is 0.0297. The zero-order valence-electron chi connectivity index (χ0n) is 16.1. The molecule has 2 aromatic carbocycles. The normalized spacial score (nSPS) is 12.7. The number of hydrogen-bond acceptors (Lipinski definition) is 2. The van der Waals surface area contributed by atoms with Gasteiger partial charge < -0.3 is 9.67 Å². The monoisotopic (exact) mass is 452 g/mol. The molecule has 10 heteroatoms. The summed E-state index contributed by atoms with van der Waals surface area (Å²) in [5, 5.41) is 18.6. The Morgan fingerprint density at radius 2 is 1.62 bits per heavy atom. The number of nitriles is 1. The van der Waals surface area contributed by atoms with Gasteiger partial charge in [0.15, 0.2) is 0 Å². The van der Waals surface area contributed by atoms with Crippen molar-refractivity contribution in [2.24, 2.45) is 0 Å². The Kier molecular flexibility index (Phi) is 6.03. The Bertz CT molecular complexity index is 1210. The minimum Gasteiger partial charge on any atom is -0.477 e. The first-order chi connectivity index (χ1) is 14.9. The van der Waals surface area contributed by atoms with Crippen LogP contribution in [0.1, 0.15) is 22.3 Å². The first-order valence-corrected chi connectivity index (χ1v) is 9.11. The predicted octanol–water partition coefficient (Wildman–Crippen LogP) is 5.91. The standard InChI is InChI=1S/C22H14F6N2O2/c23-21(24,25)16-7-13(8-17(10-16)22(26,27)28)5-6-30-12-15(9-14(11-29)20(31)32)18-3-1-2-4-19(18)30/h1-4,7-10,12H,5-6H2,(H,31,32). The highest BCUT2D eigenvalue weighted by atomic mass is 19.4. The molecule has 0 atom stereocenters. The lowest BCUT2D eigenvalue weighted by Gasteiger charge is -2.14. The van der Waals surface area contributed by atoms with Crippen LogP contribution in [0.4, 0.5) is 26.3 Å². The van der Waals surface area contributed by atoms with Crippen LogP contribution in [0, 0.1) is 11.3 Å². The van der Waals surface area contributed by atoms with Gasteiger partial charge in [-0.25, -0.2) is 4.79 Å². The molecule has 0 aliphatic rings. The molecule has 1 N–H and O–H groups in total. The van der Waals surface area contributed by atoms with Crippen molar-refractivity contribution >= 4 is 22.9 Å². The van der Waals surface area contributed by atoms with Gasteiger partial charge in [0.2, 0.25) is 0 Å². The topological polar surface area (TPSA) is 66.0 Å². The predicted molar refractivity (Wildman–Crippen MR) is 103 cm³/mol. The summed E-state index contributed by atoms with van der Waals surface area (Å²) < 4.78 is 80.1. The minimum atomic E-state index is -4.93. The number of nitrogens with zero attached hydrogens (tertiary/aromatic N) is 2. The van der Waals surface area contributed by atoms with E-state index >= 15 is 0 Å². The lowest BCUT2D eigenvalue weighted by atomic mass is 10.0. The van der Waals surface area contributed by atoms with Crippen LogP contribution >= 0.6 is 0 Å². The number of fused-ring (bicyclic) bond motifs is 1. The third-order valence-corrected chi connectivity index (χ3v) is 4.76. The van der Waals surface area contributed by atoms with E-state index in [-0.39, 0.29) is 24.6 Å². The summed E-state index contributed by atoms with van der Waals surface area (Å²) in [6, 6.07) is 9.70. The van der Waals surface area contributed by atoms with Gasteiger partial charge in [0.1, 0.15) is 11.6 Å². The number of carbonyl (C=O) groups is 1. The second-order valence-corrected chi connectivity index (χ2v) is 6.93. The number of hydrogen-bond donors (Lipinski definition) is 1. The largest absolute Gasteiger partial charge is 0.477 e. The molecule has 0 saturated carbocycles. The highest BCUT2D eigenvalue weighted by Gasteiger charge is 2.36. The summed E-state index contributed by atoms with van der Waals surface area (Å²) in [7, 11) is 0.